The fourth-order valence-electron chi connectivity index (χ4n) is 3.21. The first kappa shape index (κ1) is 22.4. The van der Waals surface area contributed by atoms with Crippen LogP contribution in [0.3, 0.4) is 0 Å². The van der Waals surface area contributed by atoms with E-state index >= 15 is 0 Å². The third kappa shape index (κ3) is 5.18. The Kier molecular flexibility index (Phi) is 6.65. The molecule has 1 heterocycles. The van der Waals surface area contributed by atoms with E-state index in [1.807, 2.05) is 43.3 Å². The van der Waals surface area contributed by atoms with Crippen LogP contribution >= 0.6 is 15.9 Å². The third-order valence-electron chi connectivity index (χ3n) is 4.97. The molecule has 0 unspecified atom stereocenters. The van der Waals surface area contributed by atoms with Gasteiger partial charge in [-0.15, -0.1) is 0 Å². The topological polar surface area (TPSA) is 93.2 Å². The largest absolute Gasteiger partial charge is 0.462 e. The fourth-order valence-corrected chi connectivity index (χ4v) is 3.67. The Labute approximate surface area is 199 Å². The highest BCUT2D eigenvalue weighted by Gasteiger charge is 2.12. The van der Waals surface area contributed by atoms with Crippen LogP contribution in [0, 0.1) is 6.92 Å². The van der Waals surface area contributed by atoms with Crippen molar-refractivity contribution in [3.05, 3.63) is 88.0 Å². The van der Waals surface area contributed by atoms with Gasteiger partial charge in [0.2, 0.25) is 5.95 Å². The fraction of sp³-hybridized carbons (Fsp3) is 0.120. The maximum Gasteiger partial charge on any atom is 0.338 e. The van der Waals surface area contributed by atoms with Crippen molar-refractivity contribution in [1.82, 2.24) is 9.97 Å². The minimum Gasteiger partial charge on any atom is -0.462 e. The number of fused-ring (bicyclic) bond motifs is 1. The number of carbonyl (C=O) groups excluding carboxylic acids is 2. The van der Waals surface area contributed by atoms with Gasteiger partial charge in [0.25, 0.3) is 5.91 Å². The smallest absolute Gasteiger partial charge is 0.338 e. The van der Waals surface area contributed by atoms with Crippen LogP contribution in [0.2, 0.25) is 0 Å². The number of esters is 1. The van der Waals surface area contributed by atoms with E-state index in [-0.39, 0.29) is 5.91 Å². The van der Waals surface area contributed by atoms with Gasteiger partial charge in [-0.1, -0.05) is 28.1 Å². The predicted octanol–water partition coefficient (Wildman–Crippen LogP) is 5.87. The maximum absolute atomic E-state index is 12.7. The van der Waals surface area contributed by atoms with Gasteiger partial charge >= 0.3 is 5.97 Å². The van der Waals surface area contributed by atoms with Crippen molar-refractivity contribution in [1.29, 1.82) is 0 Å². The number of nitrogens with zero attached hydrogens (tertiary/aromatic N) is 2. The van der Waals surface area contributed by atoms with Gasteiger partial charge in [-0.05, 0) is 67.9 Å². The van der Waals surface area contributed by atoms with E-state index in [0.717, 1.165) is 26.6 Å². The molecule has 8 heteroatoms. The number of anilines is 3. The van der Waals surface area contributed by atoms with E-state index in [2.05, 4.69) is 36.5 Å². The Morgan fingerprint density at radius 3 is 2.55 bits per heavy atom. The number of halogens is 1. The molecule has 0 fully saturated rings. The normalized spacial score (nSPS) is 10.6. The molecule has 4 rings (SSSR count). The van der Waals surface area contributed by atoms with Crippen molar-refractivity contribution < 1.29 is 14.3 Å². The van der Waals surface area contributed by atoms with Gasteiger partial charge in [0.05, 0.1) is 17.7 Å². The highest BCUT2D eigenvalue weighted by molar-refractivity contribution is 9.10. The van der Waals surface area contributed by atoms with Gasteiger partial charge in [-0.25, -0.2) is 14.8 Å². The molecule has 0 aliphatic carbocycles. The van der Waals surface area contributed by atoms with Crippen LogP contribution in [0.15, 0.2) is 71.3 Å². The van der Waals surface area contributed by atoms with Crippen molar-refractivity contribution in [2.45, 2.75) is 13.8 Å². The van der Waals surface area contributed by atoms with Crippen LogP contribution in [-0.4, -0.2) is 28.5 Å². The summed E-state index contributed by atoms with van der Waals surface area (Å²) >= 11 is 3.50. The van der Waals surface area contributed by atoms with E-state index in [9.17, 15) is 9.59 Å². The molecule has 4 aromatic rings. The van der Waals surface area contributed by atoms with Crippen LogP contribution in [0.1, 0.15) is 33.2 Å². The van der Waals surface area contributed by atoms with Crippen molar-refractivity contribution in [3.8, 4) is 0 Å². The second-order valence-corrected chi connectivity index (χ2v) is 8.13. The number of amides is 1. The summed E-state index contributed by atoms with van der Waals surface area (Å²) in [5, 5.41) is 7.03. The summed E-state index contributed by atoms with van der Waals surface area (Å²) in [6, 6.07) is 17.8. The van der Waals surface area contributed by atoms with Crippen LogP contribution in [-0.2, 0) is 4.74 Å². The van der Waals surface area contributed by atoms with E-state index in [1.54, 1.807) is 37.4 Å². The zero-order valence-corrected chi connectivity index (χ0v) is 19.6. The molecule has 166 valence electrons. The molecule has 1 aromatic heterocycles. The Bertz CT molecular complexity index is 1340. The molecule has 7 nitrogen and oxygen atoms in total. The molecular formula is C25H21BrN4O3. The molecule has 0 bridgehead atoms. The first-order valence-corrected chi connectivity index (χ1v) is 11.1. The number of aromatic nitrogens is 2. The lowest BCUT2D eigenvalue weighted by atomic mass is 10.1. The Morgan fingerprint density at radius 2 is 1.79 bits per heavy atom. The highest BCUT2D eigenvalue weighted by atomic mass is 79.9. The minimum absolute atomic E-state index is 0.280. The molecule has 0 saturated heterocycles. The predicted molar refractivity (Wildman–Crippen MR) is 132 cm³/mol. The standard InChI is InChI=1S/C25H21BrN4O3/c1-3-33-24(32)17-10-8-16(9-11-17)23(31)29-22-13-18(12-7-15(22)2)28-25-27-14-19-20(26)5-4-6-21(19)30-25/h4-14H,3H2,1-2H3,(H,29,31)(H,27,28,30). The molecule has 0 aliphatic heterocycles. The lowest BCUT2D eigenvalue weighted by Gasteiger charge is -2.12. The third-order valence-corrected chi connectivity index (χ3v) is 5.66. The summed E-state index contributed by atoms with van der Waals surface area (Å²) in [6.07, 6.45) is 1.76. The second kappa shape index (κ2) is 9.79. The highest BCUT2D eigenvalue weighted by Crippen LogP contribution is 2.25. The van der Waals surface area contributed by atoms with Crippen LogP contribution in [0.4, 0.5) is 17.3 Å². The number of ether oxygens (including phenoxy) is 1. The van der Waals surface area contributed by atoms with Gasteiger partial charge < -0.3 is 15.4 Å². The van der Waals surface area contributed by atoms with Crippen molar-refractivity contribution in [3.63, 3.8) is 0 Å². The van der Waals surface area contributed by atoms with Crippen molar-refractivity contribution in [2.24, 2.45) is 0 Å². The van der Waals surface area contributed by atoms with E-state index in [4.69, 9.17) is 4.74 Å². The van der Waals surface area contributed by atoms with E-state index in [0.29, 0.717) is 29.4 Å². The van der Waals surface area contributed by atoms with Gasteiger partial charge in [-0.2, -0.15) is 0 Å². The molecule has 0 saturated carbocycles. The summed E-state index contributed by atoms with van der Waals surface area (Å²) in [7, 11) is 0. The van der Waals surface area contributed by atoms with Crippen LogP contribution < -0.4 is 10.6 Å². The van der Waals surface area contributed by atoms with E-state index in [1.165, 1.54) is 0 Å². The van der Waals surface area contributed by atoms with Gasteiger partial charge in [-0.3, -0.25) is 4.79 Å². The maximum atomic E-state index is 12.7. The Morgan fingerprint density at radius 1 is 1.03 bits per heavy atom. The zero-order chi connectivity index (χ0) is 23.4. The van der Waals surface area contributed by atoms with Crippen LogP contribution in [0.25, 0.3) is 10.9 Å². The van der Waals surface area contributed by atoms with E-state index < -0.39 is 5.97 Å². The lowest BCUT2D eigenvalue weighted by molar-refractivity contribution is 0.0526. The number of rotatable bonds is 6. The minimum atomic E-state index is -0.414. The molecule has 33 heavy (non-hydrogen) atoms. The summed E-state index contributed by atoms with van der Waals surface area (Å²) < 4.78 is 5.90. The molecule has 0 spiro atoms. The second-order valence-electron chi connectivity index (χ2n) is 7.27. The molecule has 2 N–H and O–H groups in total. The van der Waals surface area contributed by atoms with Crippen molar-refractivity contribution >= 4 is 56.0 Å². The first-order valence-electron chi connectivity index (χ1n) is 10.3. The number of nitrogens with one attached hydrogen (secondary N) is 2. The first-order chi connectivity index (χ1) is 15.9. The number of aryl methyl sites for hydroxylation is 1. The quantitative estimate of drug-likeness (QED) is 0.318. The van der Waals surface area contributed by atoms with Gasteiger partial charge in [0, 0.05) is 33.0 Å². The van der Waals surface area contributed by atoms with Gasteiger partial charge in [0.15, 0.2) is 0 Å². The SMILES string of the molecule is CCOC(=O)c1ccc(C(=O)Nc2cc(Nc3ncc4c(Br)cccc4n3)ccc2C)cc1. The monoisotopic (exact) mass is 504 g/mol. The summed E-state index contributed by atoms with van der Waals surface area (Å²) in [5.41, 5.74) is 3.95. The number of benzene rings is 3. The number of hydrogen-bond donors (Lipinski definition) is 2. The van der Waals surface area contributed by atoms with Crippen molar-refractivity contribution in [2.75, 3.05) is 17.2 Å². The zero-order valence-electron chi connectivity index (χ0n) is 18.1. The molecule has 0 aliphatic rings. The number of hydrogen-bond acceptors (Lipinski definition) is 6. The van der Waals surface area contributed by atoms with Crippen LogP contribution in [0.5, 0.6) is 0 Å². The summed E-state index contributed by atoms with van der Waals surface area (Å²) in [5.74, 6) is -0.240. The average Bonchev–Trinajstić information content (AvgIpc) is 2.81. The average molecular weight is 505 g/mol. The molecule has 0 radical (unpaired) electrons. The summed E-state index contributed by atoms with van der Waals surface area (Å²) in [4.78, 5) is 33.5. The lowest BCUT2D eigenvalue weighted by Crippen LogP contribution is -2.13. The summed E-state index contributed by atoms with van der Waals surface area (Å²) in [6.45, 7) is 3.95. The Balaban J connectivity index is 1.50. The van der Waals surface area contributed by atoms with Gasteiger partial charge in [0.1, 0.15) is 0 Å². The molecule has 3 aromatic carbocycles. The number of carbonyl (C=O) groups is 2. The molecular weight excluding hydrogens is 484 g/mol. The molecule has 1 amide bonds. The molecule has 0 atom stereocenters. The Hall–Kier alpha value is -3.78.